The van der Waals surface area contributed by atoms with E-state index in [9.17, 15) is 14.0 Å². The molecule has 0 fully saturated rings. The lowest BCUT2D eigenvalue weighted by Crippen LogP contribution is -2.30. The molecule has 0 aliphatic heterocycles. The molecule has 2 aromatic rings. The number of esters is 1. The molecule has 0 saturated heterocycles. The van der Waals surface area contributed by atoms with Crippen molar-refractivity contribution in [3.05, 3.63) is 46.1 Å². The van der Waals surface area contributed by atoms with Gasteiger partial charge in [-0.2, -0.15) is 0 Å². The van der Waals surface area contributed by atoms with Crippen LogP contribution in [-0.2, 0) is 22.4 Å². The van der Waals surface area contributed by atoms with Gasteiger partial charge >= 0.3 is 5.97 Å². The van der Waals surface area contributed by atoms with Gasteiger partial charge in [-0.1, -0.05) is 0 Å². The number of fused-ring (bicyclic) bond motifs is 1. The number of nitrogens with one attached hydrogen (secondary N) is 1. The molecule has 0 spiro atoms. The largest absolute Gasteiger partial charge is 0.481 e. The Bertz CT molecular complexity index is 816. The number of rotatable bonds is 6. The number of carbonyl (C=O) groups excluding carboxylic acids is 2. The van der Waals surface area contributed by atoms with Crippen LogP contribution in [0.2, 0.25) is 0 Å². The fourth-order valence-corrected chi connectivity index (χ4v) is 4.18. The third kappa shape index (κ3) is 3.88. The number of hydrogen-bond acceptors (Lipinski definition) is 5. The number of thiophene rings is 1. The van der Waals surface area contributed by atoms with E-state index in [1.54, 1.807) is 13.8 Å². The zero-order valence-electron chi connectivity index (χ0n) is 14.6. The van der Waals surface area contributed by atoms with Crippen LogP contribution in [0, 0.1) is 5.82 Å². The highest BCUT2D eigenvalue weighted by atomic mass is 32.1. The SMILES string of the molecule is CCOC(=O)c1c(NC(=O)[C@H](C)Oc2ccc(F)cc2)sc2c1CCC2. The van der Waals surface area contributed by atoms with Gasteiger partial charge in [0.15, 0.2) is 6.10 Å². The monoisotopic (exact) mass is 377 g/mol. The molecular weight excluding hydrogens is 357 g/mol. The van der Waals surface area contributed by atoms with Crippen LogP contribution >= 0.6 is 11.3 Å². The lowest BCUT2D eigenvalue weighted by atomic mass is 10.1. The highest BCUT2D eigenvalue weighted by Crippen LogP contribution is 2.39. The first-order chi connectivity index (χ1) is 12.5. The van der Waals surface area contributed by atoms with Gasteiger partial charge in [0.2, 0.25) is 0 Å². The molecule has 26 heavy (non-hydrogen) atoms. The summed E-state index contributed by atoms with van der Waals surface area (Å²) in [4.78, 5) is 25.9. The van der Waals surface area contributed by atoms with Gasteiger partial charge in [-0.25, -0.2) is 9.18 Å². The van der Waals surface area contributed by atoms with E-state index >= 15 is 0 Å². The van der Waals surface area contributed by atoms with Gasteiger partial charge in [0.25, 0.3) is 5.91 Å². The minimum Gasteiger partial charge on any atom is -0.481 e. The number of benzene rings is 1. The first kappa shape index (κ1) is 18.4. The molecular formula is C19H20FNO4S. The zero-order valence-corrected chi connectivity index (χ0v) is 15.5. The number of anilines is 1. The Kier molecular flexibility index (Phi) is 5.56. The van der Waals surface area contributed by atoms with E-state index in [0.29, 0.717) is 16.3 Å². The number of hydrogen-bond donors (Lipinski definition) is 1. The molecule has 1 aliphatic rings. The van der Waals surface area contributed by atoms with Gasteiger partial charge < -0.3 is 14.8 Å². The Morgan fingerprint density at radius 2 is 2.00 bits per heavy atom. The maximum absolute atomic E-state index is 13.0. The average Bonchev–Trinajstić information content (AvgIpc) is 3.17. The maximum Gasteiger partial charge on any atom is 0.341 e. The summed E-state index contributed by atoms with van der Waals surface area (Å²) < 4.78 is 23.6. The summed E-state index contributed by atoms with van der Waals surface area (Å²) in [5.74, 6) is -0.760. The van der Waals surface area contributed by atoms with E-state index in [1.807, 2.05) is 0 Å². The Hall–Kier alpha value is -2.41. The maximum atomic E-state index is 13.0. The van der Waals surface area contributed by atoms with E-state index < -0.39 is 12.1 Å². The van der Waals surface area contributed by atoms with Gasteiger partial charge in [-0.05, 0) is 62.9 Å². The van der Waals surface area contributed by atoms with Crippen molar-refractivity contribution in [1.29, 1.82) is 0 Å². The van der Waals surface area contributed by atoms with E-state index in [0.717, 1.165) is 29.7 Å². The van der Waals surface area contributed by atoms with Crippen LogP contribution in [0.25, 0.3) is 0 Å². The summed E-state index contributed by atoms with van der Waals surface area (Å²) in [6.45, 7) is 3.63. The Morgan fingerprint density at radius 1 is 1.27 bits per heavy atom. The molecule has 3 rings (SSSR count). The van der Waals surface area contributed by atoms with Crippen molar-refractivity contribution in [1.82, 2.24) is 0 Å². The Morgan fingerprint density at radius 3 is 2.69 bits per heavy atom. The van der Waals surface area contributed by atoms with Gasteiger partial charge in [-0.3, -0.25) is 4.79 Å². The molecule has 5 nitrogen and oxygen atoms in total. The quantitative estimate of drug-likeness (QED) is 0.774. The molecule has 0 saturated carbocycles. The summed E-state index contributed by atoms with van der Waals surface area (Å²) in [7, 11) is 0. The highest BCUT2D eigenvalue weighted by Gasteiger charge is 2.29. The molecule has 1 amide bonds. The van der Waals surface area contributed by atoms with Crippen LogP contribution in [0.5, 0.6) is 5.75 Å². The van der Waals surface area contributed by atoms with E-state index in [4.69, 9.17) is 9.47 Å². The van der Waals surface area contributed by atoms with Crippen LogP contribution in [0.15, 0.2) is 24.3 Å². The van der Waals surface area contributed by atoms with E-state index in [1.165, 1.54) is 35.6 Å². The lowest BCUT2D eigenvalue weighted by molar-refractivity contribution is -0.122. The number of amides is 1. The predicted molar refractivity (Wildman–Crippen MR) is 97.4 cm³/mol. The van der Waals surface area contributed by atoms with Crippen LogP contribution in [0.3, 0.4) is 0 Å². The number of halogens is 1. The van der Waals surface area contributed by atoms with Crippen molar-refractivity contribution in [3.8, 4) is 5.75 Å². The second kappa shape index (κ2) is 7.86. The molecule has 1 aliphatic carbocycles. The molecule has 1 N–H and O–H groups in total. The zero-order chi connectivity index (χ0) is 18.7. The molecule has 1 aromatic heterocycles. The Balaban J connectivity index is 1.74. The topological polar surface area (TPSA) is 64.6 Å². The van der Waals surface area contributed by atoms with Gasteiger partial charge in [0.1, 0.15) is 16.6 Å². The van der Waals surface area contributed by atoms with Crippen molar-refractivity contribution in [2.75, 3.05) is 11.9 Å². The minimum atomic E-state index is -0.799. The minimum absolute atomic E-state index is 0.279. The molecule has 1 atom stereocenters. The molecule has 0 radical (unpaired) electrons. The first-order valence-corrected chi connectivity index (χ1v) is 9.36. The second-order valence-corrected chi connectivity index (χ2v) is 7.09. The molecule has 0 bridgehead atoms. The standard InChI is InChI=1S/C19H20FNO4S/c1-3-24-19(23)16-14-5-4-6-15(14)26-18(16)21-17(22)11(2)25-13-9-7-12(20)8-10-13/h7-11H,3-6H2,1-2H3,(H,21,22)/t11-/m0/s1. The number of carbonyl (C=O) groups is 2. The third-order valence-electron chi connectivity index (χ3n) is 4.13. The van der Waals surface area contributed by atoms with Crippen molar-refractivity contribution in [2.24, 2.45) is 0 Å². The van der Waals surface area contributed by atoms with Crippen molar-refractivity contribution >= 4 is 28.2 Å². The van der Waals surface area contributed by atoms with Crippen LogP contribution in [-0.4, -0.2) is 24.6 Å². The molecule has 0 unspecified atom stereocenters. The van der Waals surface area contributed by atoms with Gasteiger partial charge in [0.05, 0.1) is 12.2 Å². The highest BCUT2D eigenvalue weighted by molar-refractivity contribution is 7.17. The first-order valence-electron chi connectivity index (χ1n) is 8.54. The smallest absolute Gasteiger partial charge is 0.341 e. The molecule has 138 valence electrons. The van der Waals surface area contributed by atoms with Crippen molar-refractivity contribution < 1.29 is 23.5 Å². The summed E-state index contributed by atoms with van der Waals surface area (Å²) in [6.07, 6.45) is 1.93. The number of ether oxygens (including phenoxy) is 2. The molecule has 7 heteroatoms. The average molecular weight is 377 g/mol. The number of aryl methyl sites for hydroxylation is 1. The van der Waals surface area contributed by atoms with Crippen molar-refractivity contribution in [3.63, 3.8) is 0 Å². The lowest BCUT2D eigenvalue weighted by Gasteiger charge is -2.15. The fourth-order valence-electron chi connectivity index (χ4n) is 2.90. The summed E-state index contributed by atoms with van der Waals surface area (Å²) in [5, 5.41) is 3.30. The Labute approximate surface area is 155 Å². The predicted octanol–water partition coefficient (Wildman–Crippen LogP) is 3.96. The second-order valence-electron chi connectivity index (χ2n) is 5.99. The van der Waals surface area contributed by atoms with E-state index in [-0.39, 0.29) is 18.3 Å². The van der Waals surface area contributed by atoms with Crippen LogP contribution in [0.1, 0.15) is 41.1 Å². The van der Waals surface area contributed by atoms with E-state index in [2.05, 4.69) is 5.32 Å². The molecule has 1 heterocycles. The fraction of sp³-hybridized carbons (Fsp3) is 0.368. The van der Waals surface area contributed by atoms with Crippen molar-refractivity contribution in [2.45, 2.75) is 39.2 Å². The summed E-state index contributed by atoms with van der Waals surface area (Å²) in [6, 6.07) is 5.46. The third-order valence-corrected chi connectivity index (χ3v) is 5.34. The van der Waals surface area contributed by atoms with Gasteiger partial charge in [0, 0.05) is 4.88 Å². The summed E-state index contributed by atoms with van der Waals surface area (Å²) in [5.41, 5.74) is 1.45. The summed E-state index contributed by atoms with van der Waals surface area (Å²) >= 11 is 1.42. The molecule has 1 aromatic carbocycles. The van der Waals surface area contributed by atoms with Crippen LogP contribution < -0.4 is 10.1 Å². The normalized spacial score (nSPS) is 13.8. The van der Waals surface area contributed by atoms with Gasteiger partial charge in [-0.15, -0.1) is 11.3 Å². The van der Waals surface area contributed by atoms with Crippen LogP contribution in [0.4, 0.5) is 9.39 Å².